The lowest BCUT2D eigenvalue weighted by molar-refractivity contribution is -0.125. The van der Waals surface area contributed by atoms with Crippen molar-refractivity contribution in [2.45, 2.75) is 19.1 Å². The lowest BCUT2D eigenvalue weighted by Gasteiger charge is -2.15. The number of rotatable bonds is 6. The minimum absolute atomic E-state index is 0.141. The van der Waals surface area contributed by atoms with Crippen LogP contribution in [0.2, 0.25) is 15.1 Å². The highest BCUT2D eigenvalue weighted by Gasteiger charge is 2.30. The quantitative estimate of drug-likeness (QED) is 0.293. The number of fused-ring (bicyclic) bond motifs is 1. The van der Waals surface area contributed by atoms with Gasteiger partial charge in [-0.3, -0.25) is 18.9 Å². The van der Waals surface area contributed by atoms with Gasteiger partial charge in [0.05, 0.1) is 34.0 Å². The maximum Gasteiger partial charge on any atom is 0.334 e. The van der Waals surface area contributed by atoms with Gasteiger partial charge < -0.3 is 9.64 Å². The fourth-order valence-electron chi connectivity index (χ4n) is 4.49. The fourth-order valence-corrected chi connectivity index (χ4v) is 5.19. The third-order valence-electron chi connectivity index (χ3n) is 6.26. The number of benzene rings is 2. The van der Waals surface area contributed by atoms with Crippen molar-refractivity contribution in [1.82, 2.24) is 19.0 Å². The third kappa shape index (κ3) is 4.50. The number of carbonyl (C=O) groups excluding carboxylic acids is 1. The van der Waals surface area contributed by atoms with E-state index < -0.39 is 0 Å². The first-order valence-corrected chi connectivity index (χ1v) is 12.4. The van der Waals surface area contributed by atoms with Crippen LogP contribution in [0.3, 0.4) is 0 Å². The molecule has 1 aliphatic heterocycles. The van der Waals surface area contributed by atoms with E-state index in [4.69, 9.17) is 39.5 Å². The van der Waals surface area contributed by atoms with E-state index in [2.05, 4.69) is 11.6 Å². The number of carbonyl (C=O) groups is 1. The van der Waals surface area contributed by atoms with Crippen LogP contribution in [0.1, 0.15) is 18.0 Å². The number of hydrogen-bond acceptors (Lipinski definition) is 4. The Balaban J connectivity index is 1.47. The monoisotopic (exact) mass is 542 g/mol. The molecule has 0 N–H and O–H groups in total. The van der Waals surface area contributed by atoms with E-state index in [1.165, 1.54) is 6.08 Å². The number of pyridine rings is 1. The highest BCUT2D eigenvalue weighted by molar-refractivity contribution is 6.35. The molecule has 3 heterocycles. The molecule has 0 aliphatic carbocycles. The maximum atomic E-state index is 13.7. The number of ether oxygens (including phenoxy) is 1. The Hall–Kier alpha value is -3.26. The van der Waals surface area contributed by atoms with Crippen molar-refractivity contribution in [3.8, 4) is 11.4 Å². The van der Waals surface area contributed by atoms with Crippen LogP contribution >= 0.6 is 34.8 Å². The van der Waals surface area contributed by atoms with Gasteiger partial charge in [-0.05, 0) is 48.9 Å². The van der Waals surface area contributed by atoms with Crippen LogP contribution < -0.4 is 10.4 Å². The Labute approximate surface area is 222 Å². The van der Waals surface area contributed by atoms with Crippen LogP contribution in [0.25, 0.3) is 16.7 Å². The van der Waals surface area contributed by atoms with Gasteiger partial charge >= 0.3 is 5.69 Å². The zero-order valence-corrected chi connectivity index (χ0v) is 21.3. The van der Waals surface area contributed by atoms with E-state index in [0.29, 0.717) is 51.5 Å². The summed E-state index contributed by atoms with van der Waals surface area (Å²) in [4.78, 5) is 31.7. The molecule has 1 saturated heterocycles. The Morgan fingerprint density at radius 1 is 1.11 bits per heavy atom. The summed E-state index contributed by atoms with van der Waals surface area (Å²) in [6.45, 7) is 4.77. The minimum atomic E-state index is -0.228. The van der Waals surface area contributed by atoms with Gasteiger partial charge in [0.25, 0.3) is 0 Å². The Morgan fingerprint density at radius 2 is 1.94 bits per heavy atom. The molecule has 36 heavy (non-hydrogen) atoms. The maximum absolute atomic E-state index is 13.7. The molecule has 0 spiro atoms. The Morgan fingerprint density at radius 3 is 2.69 bits per heavy atom. The summed E-state index contributed by atoms with van der Waals surface area (Å²) < 4.78 is 9.18. The van der Waals surface area contributed by atoms with Crippen molar-refractivity contribution < 1.29 is 9.53 Å². The molecule has 4 aromatic rings. The Bertz CT molecular complexity index is 1550. The van der Waals surface area contributed by atoms with Gasteiger partial charge in [0.1, 0.15) is 12.4 Å². The predicted octanol–water partition coefficient (Wildman–Crippen LogP) is 5.69. The van der Waals surface area contributed by atoms with Gasteiger partial charge in [-0.1, -0.05) is 47.4 Å². The first kappa shape index (κ1) is 24.4. The second-order valence-electron chi connectivity index (χ2n) is 8.42. The fraction of sp³-hybridized carbons (Fsp3) is 0.192. The summed E-state index contributed by atoms with van der Waals surface area (Å²) in [7, 11) is 0. The summed E-state index contributed by atoms with van der Waals surface area (Å²) in [6, 6.07) is 12.0. The van der Waals surface area contributed by atoms with Gasteiger partial charge in [-0.25, -0.2) is 4.79 Å². The number of nitrogens with zero attached hydrogens (tertiary/aromatic N) is 4. The number of halogens is 3. The van der Waals surface area contributed by atoms with Crippen molar-refractivity contribution >= 4 is 51.7 Å². The summed E-state index contributed by atoms with van der Waals surface area (Å²) in [5.74, 6) is 0.314. The average molecular weight is 544 g/mol. The lowest BCUT2D eigenvalue weighted by atomic mass is 10.2. The summed E-state index contributed by atoms with van der Waals surface area (Å²) >= 11 is 18.7. The van der Waals surface area contributed by atoms with Crippen LogP contribution in [0.4, 0.5) is 0 Å². The number of imidazole rings is 1. The molecule has 184 valence electrons. The largest absolute Gasteiger partial charge is 0.487 e. The normalized spacial score (nSPS) is 15.4. The number of amides is 1. The molecule has 7 nitrogen and oxygen atoms in total. The van der Waals surface area contributed by atoms with E-state index >= 15 is 0 Å². The van der Waals surface area contributed by atoms with E-state index in [9.17, 15) is 9.59 Å². The molecule has 0 radical (unpaired) electrons. The molecule has 0 bridgehead atoms. The first-order chi connectivity index (χ1) is 17.4. The Kier molecular flexibility index (Phi) is 6.79. The molecule has 10 heteroatoms. The molecule has 0 saturated carbocycles. The smallest absolute Gasteiger partial charge is 0.334 e. The molecule has 2 aromatic heterocycles. The molecule has 0 unspecified atom stereocenters. The molecular formula is C26H21Cl3N4O3. The highest BCUT2D eigenvalue weighted by Crippen LogP contribution is 2.31. The van der Waals surface area contributed by atoms with Crippen LogP contribution in [0.5, 0.6) is 5.75 Å². The van der Waals surface area contributed by atoms with Gasteiger partial charge in [0, 0.05) is 34.9 Å². The summed E-state index contributed by atoms with van der Waals surface area (Å²) in [6.07, 6.45) is 5.26. The van der Waals surface area contributed by atoms with Crippen molar-refractivity contribution in [2.75, 3.05) is 13.1 Å². The summed E-state index contributed by atoms with van der Waals surface area (Å²) in [5, 5.41) is 1.39. The van der Waals surface area contributed by atoms with Gasteiger partial charge in [0.15, 0.2) is 0 Å². The molecule has 1 atom stereocenters. The number of likely N-dealkylation sites (tertiary alicyclic amines) is 1. The number of hydrogen-bond donors (Lipinski definition) is 0. The van der Waals surface area contributed by atoms with Crippen molar-refractivity contribution in [3.63, 3.8) is 0 Å². The standard InChI is InChI=1S/C26H21Cl3N4O3/c1-2-25(34)31-10-8-19(14-31)33-22-7-9-30-13-23(22)32(26(33)35)18-5-6-24(21(29)12-18)36-15-16-3-4-17(27)11-20(16)28/h2-7,9,11-13,19H,1,8,10,14-15H2/t19-/m1/s1. The predicted molar refractivity (Wildman–Crippen MR) is 142 cm³/mol. The van der Waals surface area contributed by atoms with E-state index in [1.54, 1.807) is 68.9 Å². The van der Waals surface area contributed by atoms with Gasteiger partial charge in [-0.2, -0.15) is 0 Å². The second kappa shape index (κ2) is 10.0. The van der Waals surface area contributed by atoms with Crippen LogP contribution in [0, 0.1) is 0 Å². The van der Waals surface area contributed by atoms with E-state index in [1.807, 2.05) is 0 Å². The zero-order valence-electron chi connectivity index (χ0n) is 19.0. The SMILES string of the molecule is C=CC(=O)N1CC[C@@H](n2c(=O)n(-c3ccc(OCc4ccc(Cl)cc4Cl)c(Cl)c3)c3cnccc32)C1. The van der Waals surface area contributed by atoms with Crippen LogP contribution in [-0.2, 0) is 11.4 Å². The van der Waals surface area contributed by atoms with Crippen LogP contribution in [0.15, 0.2) is 72.3 Å². The molecular weight excluding hydrogens is 523 g/mol. The van der Waals surface area contributed by atoms with E-state index in [-0.39, 0.29) is 24.2 Å². The topological polar surface area (TPSA) is 69.4 Å². The van der Waals surface area contributed by atoms with Crippen molar-refractivity contribution in [3.05, 3.63) is 98.6 Å². The summed E-state index contributed by atoms with van der Waals surface area (Å²) in [5.41, 5.74) is 2.51. The second-order valence-corrected chi connectivity index (χ2v) is 9.67. The van der Waals surface area contributed by atoms with Crippen molar-refractivity contribution in [2.24, 2.45) is 0 Å². The van der Waals surface area contributed by atoms with Crippen LogP contribution in [-0.4, -0.2) is 38.0 Å². The van der Waals surface area contributed by atoms with Gasteiger partial charge in [-0.15, -0.1) is 0 Å². The number of aromatic nitrogens is 3. The molecule has 1 fully saturated rings. The molecule has 5 rings (SSSR count). The average Bonchev–Trinajstić information content (AvgIpc) is 3.45. The zero-order chi connectivity index (χ0) is 25.4. The highest BCUT2D eigenvalue weighted by atomic mass is 35.5. The van der Waals surface area contributed by atoms with Gasteiger partial charge in [0.2, 0.25) is 5.91 Å². The van der Waals surface area contributed by atoms with E-state index in [0.717, 1.165) is 11.1 Å². The van der Waals surface area contributed by atoms with Crippen molar-refractivity contribution in [1.29, 1.82) is 0 Å². The molecule has 1 amide bonds. The first-order valence-electron chi connectivity index (χ1n) is 11.2. The lowest BCUT2D eigenvalue weighted by Crippen LogP contribution is -2.31. The molecule has 1 aliphatic rings. The third-order valence-corrected chi connectivity index (χ3v) is 7.14. The minimum Gasteiger partial charge on any atom is -0.487 e. The molecule has 2 aromatic carbocycles.